The molecule has 1 saturated heterocycles. The van der Waals surface area contributed by atoms with Gasteiger partial charge in [-0.25, -0.2) is 0 Å². The maximum absolute atomic E-state index is 13.0. The van der Waals surface area contributed by atoms with Gasteiger partial charge in [-0.05, 0) is 50.5 Å². The quantitative estimate of drug-likeness (QED) is 0.902. The molecular formula is C18H22N2O4. The number of H-pyrrole nitrogens is 1. The van der Waals surface area contributed by atoms with Crippen LogP contribution in [0.2, 0.25) is 0 Å². The van der Waals surface area contributed by atoms with Gasteiger partial charge in [0.05, 0.1) is 0 Å². The first-order chi connectivity index (χ1) is 11.5. The minimum Gasteiger partial charge on any atom is -0.480 e. The molecule has 0 spiro atoms. The summed E-state index contributed by atoms with van der Waals surface area (Å²) in [6.45, 7) is 4.84. The monoisotopic (exact) mass is 330 g/mol. The fourth-order valence-corrected chi connectivity index (χ4v) is 3.27. The summed E-state index contributed by atoms with van der Waals surface area (Å²) in [4.78, 5) is 28.9. The number of amides is 1. The molecule has 0 aliphatic carbocycles. The number of aromatic amines is 1. The molecule has 1 aromatic carbocycles. The number of aryl methyl sites for hydroxylation is 2. The van der Waals surface area contributed by atoms with Crippen LogP contribution < -0.4 is 0 Å². The molecular weight excluding hydrogens is 308 g/mol. The summed E-state index contributed by atoms with van der Waals surface area (Å²) >= 11 is 0. The van der Waals surface area contributed by atoms with E-state index >= 15 is 0 Å². The molecule has 0 atom stereocenters. The van der Waals surface area contributed by atoms with E-state index in [-0.39, 0.29) is 18.5 Å². The summed E-state index contributed by atoms with van der Waals surface area (Å²) in [7, 11) is 0. The zero-order valence-electron chi connectivity index (χ0n) is 14.0. The average molecular weight is 330 g/mol. The zero-order valence-corrected chi connectivity index (χ0v) is 14.0. The lowest BCUT2D eigenvalue weighted by Crippen LogP contribution is -2.46. The molecule has 0 bridgehead atoms. The van der Waals surface area contributed by atoms with E-state index in [0.29, 0.717) is 31.6 Å². The molecule has 3 rings (SSSR count). The van der Waals surface area contributed by atoms with Crippen molar-refractivity contribution in [1.29, 1.82) is 0 Å². The molecule has 1 aliphatic rings. The number of carboxylic acid groups (broad SMARTS) is 1. The predicted octanol–water partition coefficient (Wildman–Crippen LogP) is 2.49. The molecule has 1 fully saturated rings. The van der Waals surface area contributed by atoms with E-state index in [4.69, 9.17) is 4.74 Å². The van der Waals surface area contributed by atoms with Gasteiger partial charge in [-0.15, -0.1) is 0 Å². The van der Waals surface area contributed by atoms with Crippen LogP contribution in [0, 0.1) is 13.8 Å². The number of carbonyl (C=O) groups is 2. The van der Waals surface area contributed by atoms with Crippen LogP contribution in [0.25, 0.3) is 10.9 Å². The lowest BCUT2D eigenvalue weighted by molar-refractivity contribution is -0.138. The number of ether oxygens (including phenoxy) is 1. The van der Waals surface area contributed by atoms with E-state index in [1.807, 2.05) is 26.0 Å². The third kappa shape index (κ3) is 3.14. The summed E-state index contributed by atoms with van der Waals surface area (Å²) in [6.07, 6.45) is 1.34. The number of aliphatic carboxylic acids is 1. The first-order valence-corrected chi connectivity index (χ1v) is 8.17. The molecule has 1 aromatic heterocycles. The van der Waals surface area contributed by atoms with Gasteiger partial charge in [-0.1, -0.05) is 0 Å². The van der Waals surface area contributed by atoms with Gasteiger partial charge in [0.2, 0.25) is 0 Å². The maximum atomic E-state index is 13.0. The van der Waals surface area contributed by atoms with E-state index in [1.165, 1.54) is 4.90 Å². The number of carboxylic acids is 1. The van der Waals surface area contributed by atoms with E-state index in [0.717, 1.165) is 22.2 Å². The van der Waals surface area contributed by atoms with Gasteiger partial charge < -0.3 is 19.7 Å². The second-order valence-electron chi connectivity index (χ2n) is 6.31. The number of hydrogen-bond acceptors (Lipinski definition) is 3. The molecule has 24 heavy (non-hydrogen) atoms. The summed E-state index contributed by atoms with van der Waals surface area (Å²) in [5, 5.41) is 10.2. The molecule has 6 heteroatoms. The second kappa shape index (κ2) is 6.65. The third-order valence-corrected chi connectivity index (χ3v) is 4.75. The SMILES string of the molecule is Cc1[nH]c2ccc(C(=O)N(CC(=O)O)C3CCOCC3)cc2c1C. The standard InChI is InChI=1S/C18H22N2O4/c1-11-12(2)19-16-4-3-13(9-15(11)16)18(23)20(10-17(21)22)14-5-7-24-8-6-14/h3-4,9,14,19H,5-8,10H2,1-2H3,(H,21,22). The Labute approximate surface area is 140 Å². The molecule has 0 saturated carbocycles. The number of hydrogen-bond donors (Lipinski definition) is 2. The highest BCUT2D eigenvalue weighted by Crippen LogP contribution is 2.24. The van der Waals surface area contributed by atoms with Crippen molar-refractivity contribution in [2.45, 2.75) is 32.7 Å². The fraction of sp³-hybridized carbons (Fsp3) is 0.444. The largest absolute Gasteiger partial charge is 0.480 e. The van der Waals surface area contributed by atoms with Crippen LogP contribution in [-0.4, -0.2) is 52.7 Å². The Morgan fingerprint density at radius 3 is 2.67 bits per heavy atom. The summed E-state index contributed by atoms with van der Waals surface area (Å²) in [5.41, 5.74) is 3.69. The van der Waals surface area contributed by atoms with Gasteiger partial charge in [0.15, 0.2) is 0 Å². The topological polar surface area (TPSA) is 82.6 Å². The summed E-state index contributed by atoms with van der Waals surface area (Å²) in [5.74, 6) is -1.23. The Morgan fingerprint density at radius 2 is 2.00 bits per heavy atom. The molecule has 128 valence electrons. The van der Waals surface area contributed by atoms with Crippen LogP contribution in [0.4, 0.5) is 0 Å². The Bertz CT molecular complexity index is 775. The number of nitrogens with one attached hydrogen (secondary N) is 1. The van der Waals surface area contributed by atoms with Gasteiger partial charge >= 0.3 is 5.97 Å². The molecule has 2 heterocycles. The highest BCUT2D eigenvalue weighted by atomic mass is 16.5. The third-order valence-electron chi connectivity index (χ3n) is 4.75. The van der Waals surface area contributed by atoms with E-state index in [9.17, 15) is 14.7 Å². The average Bonchev–Trinajstić information content (AvgIpc) is 2.87. The molecule has 0 radical (unpaired) electrons. The predicted molar refractivity (Wildman–Crippen MR) is 90.3 cm³/mol. The van der Waals surface area contributed by atoms with Crippen molar-refractivity contribution in [2.24, 2.45) is 0 Å². The van der Waals surface area contributed by atoms with Gasteiger partial charge in [-0.2, -0.15) is 0 Å². The molecule has 1 amide bonds. The van der Waals surface area contributed by atoms with Crippen molar-refractivity contribution < 1.29 is 19.4 Å². The Morgan fingerprint density at radius 1 is 1.29 bits per heavy atom. The lowest BCUT2D eigenvalue weighted by atomic mass is 10.0. The van der Waals surface area contributed by atoms with Gasteiger partial charge in [-0.3, -0.25) is 9.59 Å². The van der Waals surface area contributed by atoms with Crippen LogP contribution >= 0.6 is 0 Å². The van der Waals surface area contributed by atoms with Crippen molar-refractivity contribution in [3.8, 4) is 0 Å². The minimum atomic E-state index is -0.996. The maximum Gasteiger partial charge on any atom is 0.323 e. The molecule has 2 N–H and O–H groups in total. The zero-order chi connectivity index (χ0) is 17.3. The number of rotatable bonds is 4. The van der Waals surface area contributed by atoms with Crippen molar-refractivity contribution in [3.05, 3.63) is 35.0 Å². The second-order valence-corrected chi connectivity index (χ2v) is 6.31. The molecule has 6 nitrogen and oxygen atoms in total. The summed E-state index contributed by atoms with van der Waals surface area (Å²) < 4.78 is 5.33. The molecule has 2 aromatic rings. The van der Waals surface area contributed by atoms with Crippen molar-refractivity contribution in [3.63, 3.8) is 0 Å². The smallest absolute Gasteiger partial charge is 0.323 e. The van der Waals surface area contributed by atoms with Gasteiger partial charge in [0.25, 0.3) is 5.91 Å². The Balaban J connectivity index is 1.93. The lowest BCUT2D eigenvalue weighted by Gasteiger charge is -2.33. The van der Waals surface area contributed by atoms with Gasteiger partial charge in [0, 0.05) is 41.4 Å². The number of aromatic nitrogens is 1. The van der Waals surface area contributed by atoms with Crippen molar-refractivity contribution in [2.75, 3.05) is 19.8 Å². The van der Waals surface area contributed by atoms with Crippen LogP contribution in [0.5, 0.6) is 0 Å². The number of nitrogens with zero attached hydrogens (tertiary/aromatic N) is 1. The van der Waals surface area contributed by atoms with Gasteiger partial charge in [0.1, 0.15) is 6.54 Å². The van der Waals surface area contributed by atoms with Crippen LogP contribution in [0.15, 0.2) is 18.2 Å². The van der Waals surface area contributed by atoms with Crippen LogP contribution in [-0.2, 0) is 9.53 Å². The molecule has 1 aliphatic heterocycles. The van der Waals surface area contributed by atoms with E-state index < -0.39 is 5.97 Å². The Hall–Kier alpha value is -2.34. The highest BCUT2D eigenvalue weighted by Gasteiger charge is 2.28. The molecule has 0 unspecified atom stereocenters. The number of benzene rings is 1. The van der Waals surface area contributed by atoms with Crippen LogP contribution in [0.1, 0.15) is 34.5 Å². The first kappa shape index (κ1) is 16.5. The normalized spacial score (nSPS) is 15.6. The van der Waals surface area contributed by atoms with Crippen molar-refractivity contribution in [1.82, 2.24) is 9.88 Å². The van der Waals surface area contributed by atoms with E-state index in [2.05, 4.69) is 4.98 Å². The summed E-state index contributed by atoms with van der Waals surface area (Å²) in [6, 6.07) is 5.40. The fourth-order valence-electron chi connectivity index (χ4n) is 3.27. The van der Waals surface area contributed by atoms with Crippen molar-refractivity contribution >= 4 is 22.8 Å². The number of carbonyl (C=O) groups excluding carboxylic acids is 1. The highest BCUT2D eigenvalue weighted by molar-refractivity contribution is 6.00. The first-order valence-electron chi connectivity index (χ1n) is 8.17. The van der Waals surface area contributed by atoms with Crippen LogP contribution in [0.3, 0.4) is 0 Å². The minimum absolute atomic E-state index is 0.0906. The van der Waals surface area contributed by atoms with E-state index in [1.54, 1.807) is 6.07 Å². The number of fused-ring (bicyclic) bond motifs is 1. The Kier molecular flexibility index (Phi) is 4.57.